The number of nitrogens with two attached hydrogens (primary N) is 1. The van der Waals surface area contributed by atoms with Gasteiger partial charge in [-0.25, -0.2) is 4.39 Å². The van der Waals surface area contributed by atoms with Crippen molar-refractivity contribution >= 4 is 45.9 Å². The Morgan fingerprint density at radius 2 is 1.71 bits per heavy atom. The molecule has 1 heterocycles. The van der Waals surface area contributed by atoms with Crippen LogP contribution in [0.1, 0.15) is 16.1 Å². The Hall–Kier alpha value is -4.24. The van der Waals surface area contributed by atoms with E-state index in [-0.39, 0.29) is 35.9 Å². The Labute approximate surface area is 205 Å². The molecule has 35 heavy (non-hydrogen) atoms. The van der Waals surface area contributed by atoms with Crippen molar-refractivity contribution in [2.75, 3.05) is 11.4 Å². The largest absolute Gasteiger partial charge is 0.364 e. The van der Waals surface area contributed by atoms with Crippen LogP contribution in [0.25, 0.3) is 10.9 Å². The van der Waals surface area contributed by atoms with Gasteiger partial charge in [0, 0.05) is 23.2 Å². The van der Waals surface area contributed by atoms with Crippen LogP contribution < -0.4 is 16.0 Å². The van der Waals surface area contributed by atoms with Crippen LogP contribution in [0.15, 0.2) is 72.8 Å². The van der Waals surface area contributed by atoms with Crippen LogP contribution in [0.4, 0.5) is 10.1 Å². The number of halogens is 2. The first-order valence-corrected chi connectivity index (χ1v) is 11.0. The van der Waals surface area contributed by atoms with E-state index in [1.54, 1.807) is 60.7 Å². The van der Waals surface area contributed by atoms with Gasteiger partial charge in [0.1, 0.15) is 18.9 Å². The molecule has 0 fully saturated rings. The van der Waals surface area contributed by atoms with E-state index in [1.807, 2.05) is 0 Å². The molecular formula is C25H21ClFN5O3. The minimum Gasteiger partial charge on any atom is -0.364 e. The van der Waals surface area contributed by atoms with Gasteiger partial charge in [-0.1, -0.05) is 60.1 Å². The Morgan fingerprint density at radius 1 is 1.00 bits per heavy atom. The van der Waals surface area contributed by atoms with Gasteiger partial charge in [0.05, 0.1) is 10.5 Å². The van der Waals surface area contributed by atoms with E-state index in [0.29, 0.717) is 16.6 Å². The lowest BCUT2D eigenvalue weighted by molar-refractivity contribution is -0.124. The lowest BCUT2D eigenvalue weighted by Crippen LogP contribution is -2.42. The Balaban J connectivity index is 1.55. The highest BCUT2D eigenvalue weighted by Crippen LogP contribution is 2.20. The monoisotopic (exact) mass is 493 g/mol. The molecule has 178 valence electrons. The fourth-order valence-corrected chi connectivity index (χ4v) is 3.85. The van der Waals surface area contributed by atoms with Crippen molar-refractivity contribution in [3.05, 3.63) is 94.9 Å². The molecular weight excluding hydrogens is 473 g/mol. The number of aromatic nitrogens is 2. The number of hydrogen-bond acceptors (Lipinski definition) is 4. The number of nitrogens with zero attached hydrogens (tertiary/aromatic N) is 3. The summed E-state index contributed by atoms with van der Waals surface area (Å²) in [6.07, 6.45) is 0. The highest BCUT2D eigenvalue weighted by atomic mass is 35.5. The highest BCUT2D eigenvalue weighted by Gasteiger charge is 2.22. The van der Waals surface area contributed by atoms with Gasteiger partial charge in [-0.15, -0.1) is 0 Å². The number of para-hydroxylation sites is 2. The first-order valence-electron chi connectivity index (χ1n) is 10.7. The third kappa shape index (κ3) is 5.30. The molecule has 0 aliphatic carbocycles. The Kier molecular flexibility index (Phi) is 7.07. The average Bonchev–Trinajstić information content (AvgIpc) is 3.22. The van der Waals surface area contributed by atoms with Crippen LogP contribution >= 0.6 is 11.6 Å². The second kappa shape index (κ2) is 10.4. The summed E-state index contributed by atoms with van der Waals surface area (Å²) in [5, 5.41) is 7.32. The van der Waals surface area contributed by atoms with Gasteiger partial charge in [-0.3, -0.25) is 19.1 Å². The Morgan fingerprint density at radius 3 is 2.46 bits per heavy atom. The number of nitrogens with one attached hydrogen (secondary N) is 1. The summed E-state index contributed by atoms with van der Waals surface area (Å²) in [7, 11) is 0. The van der Waals surface area contributed by atoms with Crippen LogP contribution in [0.3, 0.4) is 0 Å². The number of primary amides is 1. The number of benzene rings is 3. The van der Waals surface area contributed by atoms with E-state index < -0.39 is 23.5 Å². The van der Waals surface area contributed by atoms with Gasteiger partial charge in [0.2, 0.25) is 11.8 Å². The number of fused-ring (bicyclic) bond motifs is 1. The van der Waals surface area contributed by atoms with E-state index in [9.17, 15) is 18.8 Å². The average molecular weight is 494 g/mol. The molecule has 3 N–H and O–H groups in total. The molecule has 0 aliphatic heterocycles. The minimum atomic E-state index is -0.708. The van der Waals surface area contributed by atoms with Crippen LogP contribution in [0.2, 0.25) is 5.02 Å². The molecule has 3 amide bonds. The zero-order valence-corrected chi connectivity index (χ0v) is 19.2. The van der Waals surface area contributed by atoms with Crippen LogP contribution in [-0.2, 0) is 22.7 Å². The van der Waals surface area contributed by atoms with Crippen molar-refractivity contribution < 1.29 is 18.8 Å². The zero-order chi connectivity index (χ0) is 24.9. The number of carbonyl (C=O) groups is 3. The van der Waals surface area contributed by atoms with Gasteiger partial charge in [-0.05, 0) is 24.3 Å². The number of amides is 3. The number of carbonyl (C=O) groups excluding carboxylic acids is 3. The third-order valence-electron chi connectivity index (χ3n) is 5.35. The fourth-order valence-electron chi connectivity index (χ4n) is 3.65. The topological polar surface area (TPSA) is 110 Å². The molecule has 8 nitrogen and oxygen atoms in total. The summed E-state index contributed by atoms with van der Waals surface area (Å²) >= 11 is 5.80. The molecule has 0 spiro atoms. The molecule has 0 atom stereocenters. The molecule has 3 aromatic carbocycles. The van der Waals surface area contributed by atoms with E-state index in [0.717, 1.165) is 0 Å². The zero-order valence-electron chi connectivity index (χ0n) is 18.4. The maximum absolute atomic E-state index is 14.1. The van der Waals surface area contributed by atoms with Crippen molar-refractivity contribution in [1.29, 1.82) is 0 Å². The lowest BCUT2D eigenvalue weighted by Gasteiger charge is -2.22. The molecule has 0 unspecified atom stereocenters. The smallest absolute Gasteiger partial charge is 0.269 e. The molecule has 0 radical (unpaired) electrons. The number of hydrogen-bond donors (Lipinski definition) is 2. The molecule has 4 rings (SSSR count). The van der Waals surface area contributed by atoms with Crippen LogP contribution in [-0.4, -0.2) is 34.0 Å². The maximum atomic E-state index is 14.1. The summed E-state index contributed by atoms with van der Waals surface area (Å²) in [6, 6.07) is 20.1. The van der Waals surface area contributed by atoms with E-state index in [1.165, 1.54) is 21.7 Å². The first-order chi connectivity index (χ1) is 16.8. The standard InChI is InChI=1S/C25H21ClFN5O3/c26-19-11-6-7-16(23(19)27)13-29-21(33)14-31(17-8-2-1-3-9-17)22(34)15-32-20-12-5-4-10-18(20)24(30-32)25(28)35/h1-12H,13-15H2,(H2,28,35)(H,29,33). The predicted molar refractivity (Wildman–Crippen MR) is 130 cm³/mol. The second-order valence-electron chi connectivity index (χ2n) is 7.69. The molecule has 4 aromatic rings. The van der Waals surface area contributed by atoms with Gasteiger partial charge >= 0.3 is 0 Å². The van der Waals surface area contributed by atoms with E-state index >= 15 is 0 Å². The van der Waals surface area contributed by atoms with Crippen LogP contribution in [0.5, 0.6) is 0 Å². The van der Waals surface area contributed by atoms with Crippen molar-refractivity contribution in [1.82, 2.24) is 15.1 Å². The predicted octanol–water partition coefficient (Wildman–Crippen LogP) is 3.28. The normalized spacial score (nSPS) is 10.8. The maximum Gasteiger partial charge on any atom is 0.269 e. The summed E-state index contributed by atoms with van der Waals surface area (Å²) < 4.78 is 15.5. The second-order valence-corrected chi connectivity index (χ2v) is 8.10. The van der Waals surface area contributed by atoms with Gasteiger partial charge < -0.3 is 16.0 Å². The summed E-state index contributed by atoms with van der Waals surface area (Å²) in [4.78, 5) is 39.2. The van der Waals surface area contributed by atoms with Crippen LogP contribution in [0, 0.1) is 5.82 Å². The Bertz CT molecular complexity index is 1410. The first kappa shape index (κ1) is 23.9. The minimum absolute atomic E-state index is 0.0420. The van der Waals surface area contributed by atoms with E-state index in [2.05, 4.69) is 10.4 Å². The van der Waals surface area contributed by atoms with Gasteiger partial charge in [0.15, 0.2) is 5.69 Å². The molecule has 0 saturated carbocycles. The molecule has 0 saturated heterocycles. The number of anilines is 1. The molecule has 0 bridgehead atoms. The van der Waals surface area contributed by atoms with Crippen molar-refractivity contribution in [3.8, 4) is 0 Å². The molecule has 0 aliphatic rings. The SMILES string of the molecule is NC(=O)c1nn(CC(=O)N(CC(=O)NCc2cccc(Cl)c2F)c2ccccc2)c2ccccc12. The fraction of sp³-hybridized carbons (Fsp3) is 0.120. The third-order valence-corrected chi connectivity index (χ3v) is 5.65. The van der Waals surface area contributed by atoms with Crippen molar-refractivity contribution in [2.45, 2.75) is 13.1 Å². The van der Waals surface area contributed by atoms with E-state index in [4.69, 9.17) is 17.3 Å². The lowest BCUT2D eigenvalue weighted by atomic mass is 10.2. The summed E-state index contributed by atoms with van der Waals surface area (Å²) in [5.74, 6) is -2.25. The van der Waals surface area contributed by atoms with Crippen molar-refractivity contribution in [3.63, 3.8) is 0 Å². The van der Waals surface area contributed by atoms with Crippen molar-refractivity contribution in [2.24, 2.45) is 5.73 Å². The quantitative estimate of drug-likeness (QED) is 0.392. The highest BCUT2D eigenvalue weighted by molar-refractivity contribution is 6.30. The van der Waals surface area contributed by atoms with Gasteiger partial charge in [0.25, 0.3) is 5.91 Å². The van der Waals surface area contributed by atoms with Gasteiger partial charge in [-0.2, -0.15) is 5.10 Å². The molecule has 1 aromatic heterocycles. The summed E-state index contributed by atoms with van der Waals surface area (Å²) in [6.45, 7) is -0.639. The summed E-state index contributed by atoms with van der Waals surface area (Å²) in [5.41, 5.74) is 6.78. The molecule has 10 heteroatoms. The number of rotatable bonds is 8.